The van der Waals surface area contributed by atoms with E-state index >= 15 is 0 Å². The number of anilines is 2. The number of allylic oxidation sites excluding steroid dienone is 1. The molecule has 0 spiro atoms. The molecule has 180 valence electrons. The molecule has 4 rings (SSSR count). The quantitative estimate of drug-likeness (QED) is 0.542. The fourth-order valence-corrected chi connectivity index (χ4v) is 4.55. The lowest BCUT2D eigenvalue weighted by atomic mass is 9.95. The molecule has 2 aromatic carbocycles. The van der Waals surface area contributed by atoms with E-state index in [1.165, 1.54) is 0 Å². The maximum atomic E-state index is 12.6. The average Bonchev–Trinajstić information content (AvgIpc) is 3.34. The molecule has 2 aliphatic rings. The summed E-state index contributed by atoms with van der Waals surface area (Å²) in [6, 6.07) is 17.9. The van der Waals surface area contributed by atoms with Gasteiger partial charge in [-0.05, 0) is 62.7 Å². The van der Waals surface area contributed by atoms with E-state index in [2.05, 4.69) is 33.7 Å². The molecule has 34 heavy (non-hydrogen) atoms. The zero-order chi connectivity index (χ0) is 24.1. The summed E-state index contributed by atoms with van der Waals surface area (Å²) in [6.45, 7) is 3.62. The van der Waals surface area contributed by atoms with Gasteiger partial charge in [0.25, 0.3) is 0 Å². The number of nitrogens with zero attached hydrogens (tertiary/aromatic N) is 2. The predicted molar refractivity (Wildman–Crippen MR) is 137 cm³/mol. The Labute approximate surface area is 201 Å². The van der Waals surface area contributed by atoms with Crippen LogP contribution in [0.4, 0.5) is 16.2 Å². The van der Waals surface area contributed by atoms with Gasteiger partial charge in [-0.1, -0.05) is 36.4 Å². The second-order valence-corrected chi connectivity index (χ2v) is 8.89. The van der Waals surface area contributed by atoms with Gasteiger partial charge in [0.05, 0.1) is 13.2 Å². The highest BCUT2D eigenvalue weighted by molar-refractivity contribution is 5.90. The van der Waals surface area contributed by atoms with Crippen LogP contribution >= 0.6 is 0 Å². The van der Waals surface area contributed by atoms with E-state index < -0.39 is 6.23 Å². The maximum absolute atomic E-state index is 12.6. The van der Waals surface area contributed by atoms with E-state index in [9.17, 15) is 9.90 Å². The minimum absolute atomic E-state index is 0.144. The van der Waals surface area contributed by atoms with Crippen LogP contribution in [0.25, 0.3) is 5.57 Å². The van der Waals surface area contributed by atoms with Crippen LogP contribution in [-0.4, -0.2) is 61.6 Å². The van der Waals surface area contributed by atoms with Gasteiger partial charge in [-0.25, -0.2) is 4.79 Å². The number of aliphatic hydroxyl groups excluding tert-OH is 1. The fraction of sp³-hybridized carbons (Fsp3) is 0.370. The monoisotopic (exact) mass is 462 g/mol. The minimum atomic E-state index is -0.450. The first-order valence-corrected chi connectivity index (χ1v) is 11.8. The molecule has 1 fully saturated rings. The summed E-state index contributed by atoms with van der Waals surface area (Å²) < 4.78 is 5.59. The normalized spacial score (nSPS) is 21.0. The molecule has 0 bridgehead atoms. The van der Waals surface area contributed by atoms with Crippen LogP contribution < -0.4 is 15.5 Å². The molecule has 1 heterocycles. The van der Waals surface area contributed by atoms with Gasteiger partial charge < -0.3 is 25.4 Å². The number of amides is 2. The Morgan fingerprint density at radius 2 is 1.91 bits per heavy atom. The molecule has 2 amide bonds. The van der Waals surface area contributed by atoms with Crippen LogP contribution in [0.2, 0.25) is 0 Å². The Balaban J connectivity index is 1.31. The minimum Gasteiger partial charge on any atom is -0.496 e. The molecule has 0 radical (unpaired) electrons. The largest absolute Gasteiger partial charge is 0.496 e. The molecule has 7 heteroatoms. The van der Waals surface area contributed by atoms with Crippen LogP contribution in [0.1, 0.15) is 25.3 Å². The van der Waals surface area contributed by atoms with Crippen LogP contribution in [0, 0.1) is 0 Å². The van der Waals surface area contributed by atoms with E-state index in [1.54, 1.807) is 14.0 Å². The lowest BCUT2D eigenvalue weighted by Gasteiger charge is -2.27. The first-order chi connectivity index (χ1) is 16.4. The van der Waals surface area contributed by atoms with Crippen molar-refractivity contribution in [2.45, 2.75) is 38.1 Å². The number of urea groups is 1. The zero-order valence-electron chi connectivity index (χ0n) is 20.1. The van der Waals surface area contributed by atoms with Crippen molar-refractivity contribution in [3.8, 4) is 0 Å². The highest BCUT2D eigenvalue weighted by Gasteiger charge is 2.27. The number of carbonyl (C=O) groups excluding carboxylic acids is 1. The molecule has 3 N–H and O–H groups in total. The number of benzene rings is 2. The van der Waals surface area contributed by atoms with Crippen LogP contribution in [0.15, 0.2) is 72.5 Å². The van der Waals surface area contributed by atoms with Crippen molar-refractivity contribution in [1.82, 2.24) is 10.2 Å². The van der Waals surface area contributed by atoms with Gasteiger partial charge in [0.15, 0.2) is 0 Å². The third-order valence-corrected chi connectivity index (χ3v) is 6.63. The lowest BCUT2D eigenvalue weighted by Crippen LogP contribution is -2.40. The molecule has 3 atom stereocenters. The number of nitrogens with one attached hydrogen (secondary N) is 2. The smallest absolute Gasteiger partial charge is 0.319 e. The van der Waals surface area contributed by atoms with Crippen LogP contribution in [0.3, 0.4) is 0 Å². The number of ether oxygens (including phenoxy) is 1. The molecule has 0 saturated carbocycles. The van der Waals surface area contributed by atoms with Gasteiger partial charge in [-0.2, -0.15) is 0 Å². The molecule has 1 saturated heterocycles. The van der Waals surface area contributed by atoms with Crippen molar-refractivity contribution in [1.29, 1.82) is 0 Å². The van der Waals surface area contributed by atoms with E-state index in [4.69, 9.17) is 4.74 Å². The topological polar surface area (TPSA) is 77.1 Å². The van der Waals surface area contributed by atoms with Crippen molar-refractivity contribution in [2.24, 2.45) is 0 Å². The van der Waals surface area contributed by atoms with Crippen molar-refractivity contribution >= 4 is 23.0 Å². The molecule has 1 aliphatic heterocycles. The molecule has 0 aromatic heterocycles. The Kier molecular flexibility index (Phi) is 7.55. The van der Waals surface area contributed by atoms with Gasteiger partial charge in [0, 0.05) is 36.1 Å². The van der Waals surface area contributed by atoms with E-state index in [0.29, 0.717) is 12.5 Å². The Hall–Kier alpha value is -3.29. The zero-order valence-corrected chi connectivity index (χ0v) is 20.1. The summed E-state index contributed by atoms with van der Waals surface area (Å²) in [7, 11) is 3.61. The lowest BCUT2D eigenvalue weighted by molar-refractivity contribution is 0.0142. The number of aliphatic hydroxyl groups is 1. The van der Waals surface area contributed by atoms with Crippen molar-refractivity contribution < 1.29 is 14.6 Å². The molecule has 7 nitrogen and oxygen atoms in total. The summed E-state index contributed by atoms with van der Waals surface area (Å²) in [5, 5.41) is 15.8. The number of hydrogen-bond acceptors (Lipinski definition) is 5. The molecular formula is C27H34N4O3. The van der Waals surface area contributed by atoms with Gasteiger partial charge in [-0.15, -0.1) is 0 Å². The first-order valence-electron chi connectivity index (χ1n) is 11.8. The summed E-state index contributed by atoms with van der Waals surface area (Å²) in [6.07, 6.45) is 5.32. The van der Waals surface area contributed by atoms with Gasteiger partial charge >= 0.3 is 6.03 Å². The second-order valence-electron chi connectivity index (χ2n) is 8.89. The number of rotatable bonds is 7. The SMILES string of the molecule is COC1=CC(NC(=O)Nc2ccc(N3CCC(N(C)C(C)O)C3)cc2)CC=C1c1ccccc1. The van der Waals surface area contributed by atoms with E-state index in [1.807, 2.05) is 60.5 Å². The van der Waals surface area contributed by atoms with Crippen molar-refractivity contribution in [3.63, 3.8) is 0 Å². The number of methoxy groups -OCH3 is 1. The van der Waals surface area contributed by atoms with E-state index in [-0.39, 0.29) is 12.1 Å². The summed E-state index contributed by atoms with van der Waals surface area (Å²) in [5.74, 6) is 0.761. The predicted octanol–water partition coefficient (Wildman–Crippen LogP) is 4.04. The van der Waals surface area contributed by atoms with Gasteiger partial charge in [0.1, 0.15) is 12.0 Å². The summed E-state index contributed by atoms with van der Waals surface area (Å²) in [5.41, 5.74) is 4.00. The maximum Gasteiger partial charge on any atom is 0.319 e. The highest BCUT2D eigenvalue weighted by atomic mass is 16.5. The Morgan fingerprint density at radius 1 is 1.18 bits per heavy atom. The summed E-state index contributed by atoms with van der Waals surface area (Å²) >= 11 is 0. The third-order valence-electron chi connectivity index (χ3n) is 6.63. The standard InChI is InChI=1S/C27H34N4O3/c1-19(32)30(2)24-15-16-31(18-24)23-12-9-21(10-13-23)28-27(33)29-22-11-14-25(26(17-22)34-3)20-7-5-4-6-8-20/h4-10,12-14,17,19,22,24,32H,11,15-16,18H2,1-3H3,(H2,28,29,33). The first kappa shape index (κ1) is 23.9. The van der Waals surface area contributed by atoms with Gasteiger partial charge in [-0.3, -0.25) is 4.90 Å². The molecular weight excluding hydrogens is 428 g/mol. The number of hydrogen-bond donors (Lipinski definition) is 3. The van der Waals surface area contributed by atoms with Crippen LogP contribution in [-0.2, 0) is 4.74 Å². The van der Waals surface area contributed by atoms with Gasteiger partial charge in [0.2, 0.25) is 0 Å². The highest BCUT2D eigenvalue weighted by Crippen LogP contribution is 2.29. The molecule has 1 aliphatic carbocycles. The number of likely N-dealkylation sites (N-methyl/N-ethyl adjacent to an activating group) is 1. The Bertz CT molecular complexity index is 1030. The van der Waals surface area contributed by atoms with Crippen molar-refractivity contribution in [3.05, 3.63) is 78.1 Å². The molecule has 3 unspecified atom stereocenters. The third kappa shape index (κ3) is 5.61. The number of carbonyl (C=O) groups is 1. The van der Waals surface area contributed by atoms with Crippen LogP contribution in [0.5, 0.6) is 0 Å². The summed E-state index contributed by atoms with van der Waals surface area (Å²) in [4.78, 5) is 16.9. The van der Waals surface area contributed by atoms with E-state index in [0.717, 1.165) is 47.8 Å². The average molecular weight is 463 g/mol. The Morgan fingerprint density at radius 3 is 2.59 bits per heavy atom. The molecule has 2 aromatic rings. The van der Waals surface area contributed by atoms with Crippen molar-refractivity contribution in [2.75, 3.05) is 37.5 Å². The second kappa shape index (κ2) is 10.8. The fourth-order valence-electron chi connectivity index (χ4n) is 4.55.